The number of imidazole rings is 1. The third kappa shape index (κ3) is 4.23. The Balaban J connectivity index is 1.41. The van der Waals surface area contributed by atoms with Crippen LogP contribution in [0.15, 0.2) is 67.0 Å². The first-order valence-corrected chi connectivity index (χ1v) is 9.72. The van der Waals surface area contributed by atoms with E-state index in [-0.39, 0.29) is 5.91 Å². The summed E-state index contributed by atoms with van der Waals surface area (Å²) in [7, 11) is 1.54. The fraction of sp³-hybridized carbons (Fsp3) is 0.130. The molecular weight excluding hydrogens is 402 g/mol. The number of benzene rings is 2. The third-order valence-electron chi connectivity index (χ3n) is 4.64. The van der Waals surface area contributed by atoms with Gasteiger partial charge in [-0.15, -0.1) is 0 Å². The van der Waals surface area contributed by atoms with Gasteiger partial charge in [-0.05, 0) is 61.0 Å². The number of amides is 1. The van der Waals surface area contributed by atoms with Gasteiger partial charge in [0.25, 0.3) is 5.91 Å². The first-order valence-electron chi connectivity index (χ1n) is 9.34. The molecule has 7 heteroatoms. The lowest BCUT2D eigenvalue weighted by atomic mass is 10.2. The molecule has 0 unspecified atom stereocenters. The minimum absolute atomic E-state index is 0.266. The Morgan fingerprint density at radius 2 is 1.97 bits per heavy atom. The van der Waals surface area contributed by atoms with Gasteiger partial charge in [0.2, 0.25) is 0 Å². The predicted octanol–water partition coefficient (Wildman–Crippen LogP) is 5.14. The van der Waals surface area contributed by atoms with Crippen LogP contribution in [0.5, 0.6) is 11.5 Å². The fourth-order valence-electron chi connectivity index (χ4n) is 3.11. The number of hydrogen-bond acceptors (Lipinski definition) is 4. The van der Waals surface area contributed by atoms with Gasteiger partial charge in [-0.25, -0.2) is 4.98 Å². The van der Waals surface area contributed by atoms with Crippen LogP contribution in [0.1, 0.15) is 21.6 Å². The molecule has 0 radical (unpaired) electrons. The Morgan fingerprint density at radius 1 is 1.17 bits per heavy atom. The Morgan fingerprint density at radius 3 is 2.70 bits per heavy atom. The van der Waals surface area contributed by atoms with Gasteiger partial charge in [-0.1, -0.05) is 17.7 Å². The van der Waals surface area contributed by atoms with Gasteiger partial charge in [0, 0.05) is 23.0 Å². The number of carbonyl (C=O) groups is 1. The second kappa shape index (κ2) is 8.47. The van der Waals surface area contributed by atoms with Crippen LogP contribution in [0.4, 0.5) is 5.69 Å². The molecular formula is C23H20ClN3O3. The summed E-state index contributed by atoms with van der Waals surface area (Å²) in [6.45, 7) is 2.36. The highest BCUT2D eigenvalue weighted by Crippen LogP contribution is 2.28. The van der Waals surface area contributed by atoms with E-state index in [9.17, 15) is 4.79 Å². The largest absolute Gasteiger partial charge is 0.495 e. The van der Waals surface area contributed by atoms with E-state index < -0.39 is 0 Å². The van der Waals surface area contributed by atoms with Crippen LogP contribution in [-0.4, -0.2) is 22.4 Å². The summed E-state index contributed by atoms with van der Waals surface area (Å²) in [6, 6.07) is 16.0. The van der Waals surface area contributed by atoms with Gasteiger partial charge < -0.3 is 19.2 Å². The average Bonchev–Trinajstić information content (AvgIpc) is 3.17. The first kappa shape index (κ1) is 19.8. The summed E-state index contributed by atoms with van der Waals surface area (Å²) in [5.41, 5.74) is 3.86. The lowest BCUT2D eigenvalue weighted by Crippen LogP contribution is -2.12. The predicted molar refractivity (Wildman–Crippen MR) is 117 cm³/mol. The molecule has 152 valence electrons. The van der Waals surface area contributed by atoms with Crippen molar-refractivity contribution in [2.75, 3.05) is 12.4 Å². The molecule has 0 aliphatic rings. The highest BCUT2D eigenvalue weighted by Gasteiger charge is 2.11. The SMILES string of the molecule is COc1ccc(Cl)cc1NC(=O)c1ccc(OCc2cn3cccc(C)c3n2)cc1. The Hall–Kier alpha value is -3.51. The molecule has 0 aliphatic carbocycles. The molecule has 30 heavy (non-hydrogen) atoms. The zero-order valence-corrected chi connectivity index (χ0v) is 17.3. The standard InChI is InChI=1S/C23H20ClN3O3/c1-15-4-3-11-27-13-18(25-22(15)27)14-30-19-8-5-16(6-9-19)23(28)26-20-12-17(24)7-10-21(20)29-2/h3-13H,14H2,1-2H3,(H,26,28). The molecule has 0 aliphatic heterocycles. The fourth-order valence-corrected chi connectivity index (χ4v) is 3.28. The van der Waals surface area contributed by atoms with Crippen molar-refractivity contribution >= 4 is 28.8 Å². The number of pyridine rings is 1. The van der Waals surface area contributed by atoms with E-state index in [1.807, 2.05) is 35.9 Å². The summed E-state index contributed by atoms with van der Waals surface area (Å²) in [6.07, 6.45) is 3.91. The number of methoxy groups -OCH3 is 1. The monoisotopic (exact) mass is 421 g/mol. The van der Waals surface area contributed by atoms with Crippen molar-refractivity contribution < 1.29 is 14.3 Å². The number of carbonyl (C=O) groups excluding carboxylic acids is 1. The van der Waals surface area contributed by atoms with E-state index in [4.69, 9.17) is 21.1 Å². The second-order valence-electron chi connectivity index (χ2n) is 6.77. The summed E-state index contributed by atoms with van der Waals surface area (Å²) in [5, 5.41) is 3.33. The zero-order chi connectivity index (χ0) is 21.1. The number of fused-ring (bicyclic) bond motifs is 1. The van der Waals surface area contributed by atoms with E-state index in [1.54, 1.807) is 42.5 Å². The highest BCUT2D eigenvalue weighted by atomic mass is 35.5. The molecule has 6 nitrogen and oxygen atoms in total. The molecule has 2 aromatic heterocycles. The van der Waals surface area contributed by atoms with E-state index >= 15 is 0 Å². The molecule has 4 aromatic rings. The van der Waals surface area contributed by atoms with Crippen molar-refractivity contribution in [2.24, 2.45) is 0 Å². The number of ether oxygens (including phenoxy) is 2. The normalized spacial score (nSPS) is 10.8. The second-order valence-corrected chi connectivity index (χ2v) is 7.20. The Kier molecular flexibility index (Phi) is 5.59. The number of nitrogens with zero attached hydrogens (tertiary/aromatic N) is 2. The smallest absolute Gasteiger partial charge is 0.255 e. The van der Waals surface area contributed by atoms with Gasteiger partial charge >= 0.3 is 0 Å². The minimum Gasteiger partial charge on any atom is -0.495 e. The summed E-state index contributed by atoms with van der Waals surface area (Å²) >= 11 is 6.01. The van der Waals surface area contributed by atoms with Crippen LogP contribution in [0.25, 0.3) is 5.65 Å². The lowest BCUT2D eigenvalue weighted by Gasteiger charge is -2.11. The van der Waals surface area contributed by atoms with E-state index in [0.717, 1.165) is 16.9 Å². The number of aryl methyl sites for hydroxylation is 1. The van der Waals surface area contributed by atoms with Crippen molar-refractivity contribution in [3.8, 4) is 11.5 Å². The van der Waals surface area contributed by atoms with E-state index in [1.165, 1.54) is 7.11 Å². The number of rotatable bonds is 6. The first-order chi connectivity index (χ1) is 14.5. The van der Waals surface area contributed by atoms with Crippen LogP contribution in [0, 0.1) is 6.92 Å². The van der Waals surface area contributed by atoms with E-state index in [2.05, 4.69) is 10.3 Å². The number of aromatic nitrogens is 2. The Bertz CT molecular complexity index is 1200. The Labute approximate surface area is 179 Å². The molecule has 0 saturated heterocycles. The highest BCUT2D eigenvalue weighted by molar-refractivity contribution is 6.31. The molecule has 2 aromatic carbocycles. The van der Waals surface area contributed by atoms with E-state index in [0.29, 0.717) is 34.4 Å². The van der Waals surface area contributed by atoms with Crippen molar-refractivity contribution in [1.29, 1.82) is 0 Å². The molecule has 2 heterocycles. The van der Waals surface area contributed by atoms with Crippen molar-refractivity contribution in [2.45, 2.75) is 13.5 Å². The number of halogens is 1. The van der Waals surface area contributed by atoms with Gasteiger partial charge in [0.15, 0.2) is 0 Å². The van der Waals surface area contributed by atoms with Gasteiger partial charge in [0.1, 0.15) is 23.8 Å². The molecule has 4 rings (SSSR count). The summed E-state index contributed by atoms with van der Waals surface area (Å²) < 4.78 is 13.1. The van der Waals surface area contributed by atoms with Crippen molar-refractivity contribution in [3.63, 3.8) is 0 Å². The molecule has 0 fully saturated rings. The van der Waals surface area contributed by atoms with Crippen LogP contribution in [0.3, 0.4) is 0 Å². The maximum atomic E-state index is 12.6. The molecule has 0 saturated carbocycles. The molecule has 0 atom stereocenters. The summed E-state index contributed by atoms with van der Waals surface area (Å²) in [4.78, 5) is 17.1. The molecule has 0 bridgehead atoms. The molecule has 0 spiro atoms. The average molecular weight is 422 g/mol. The van der Waals surface area contributed by atoms with Gasteiger partial charge in [0.05, 0.1) is 18.5 Å². The van der Waals surface area contributed by atoms with Crippen LogP contribution < -0.4 is 14.8 Å². The molecule has 1 N–H and O–H groups in total. The minimum atomic E-state index is -0.266. The van der Waals surface area contributed by atoms with Gasteiger partial charge in [-0.2, -0.15) is 0 Å². The lowest BCUT2D eigenvalue weighted by molar-refractivity contribution is 0.102. The molecule has 1 amide bonds. The third-order valence-corrected chi connectivity index (χ3v) is 4.88. The van der Waals surface area contributed by atoms with Crippen LogP contribution >= 0.6 is 11.6 Å². The number of hydrogen-bond donors (Lipinski definition) is 1. The maximum absolute atomic E-state index is 12.6. The van der Waals surface area contributed by atoms with Crippen molar-refractivity contribution in [3.05, 3.63) is 88.8 Å². The van der Waals surface area contributed by atoms with Crippen LogP contribution in [0.2, 0.25) is 5.02 Å². The number of anilines is 1. The van der Waals surface area contributed by atoms with Gasteiger partial charge in [-0.3, -0.25) is 4.79 Å². The van der Waals surface area contributed by atoms with Crippen molar-refractivity contribution in [1.82, 2.24) is 9.38 Å². The maximum Gasteiger partial charge on any atom is 0.255 e. The summed E-state index contributed by atoms with van der Waals surface area (Å²) in [5.74, 6) is 0.925. The zero-order valence-electron chi connectivity index (χ0n) is 16.6. The topological polar surface area (TPSA) is 64.9 Å². The quantitative estimate of drug-likeness (QED) is 0.468. The number of nitrogens with one attached hydrogen (secondary N) is 1. The van der Waals surface area contributed by atoms with Crippen LogP contribution in [-0.2, 0) is 6.61 Å².